The molecule has 0 saturated heterocycles. The van der Waals surface area contributed by atoms with Crippen LogP contribution in [0, 0.1) is 5.82 Å². The Morgan fingerprint density at radius 1 is 1.33 bits per heavy atom. The lowest BCUT2D eigenvalue weighted by Gasteiger charge is -2.17. The zero-order valence-corrected chi connectivity index (χ0v) is 9.69. The first-order valence-electron chi connectivity index (χ1n) is 4.51. The van der Waals surface area contributed by atoms with Gasteiger partial charge in [-0.2, -0.15) is 0 Å². The predicted molar refractivity (Wildman–Crippen MR) is 59.0 cm³/mol. The van der Waals surface area contributed by atoms with E-state index in [1.165, 1.54) is 23.9 Å². The molecule has 15 heavy (non-hydrogen) atoms. The van der Waals surface area contributed by atoms with E-state index in [9.17, 15) is 9.18 Å². The fraction of sp³-hybridized carbons (Fsp3) is 0.364. The first-order chi connectivity index (χ1) is 6.78. The molecule has 1 aromatic rings. The molecule has 2 nitrogen and oxygen atoms in total. The van der Waals surface area contributed by atoms with Gasteiger partial charge in [-0.1, -0.05) is 20.8 Å². The van der Waals surface area contributed by atoms with Crippen molar-refractivity contribution in [1.82, 2.24) is 0 Å². The van der Waals surface area contributed by atoms with Crippen molar-refractivity contribution in [3.05, 3.63) is 29.6 Å². The summed E-state index contributed by atoms with van der Waals surface area (Å²) in [6, 6.07) is 3.86. The Hall–Kier alpha value is -1.03. The highest BCUT2D eigenvalue weighted by Crippen LogP contribution is 2.32. The molecule has 1 aromatic carbocycles. The number of aromatic carboxylic acids is 1. The summed E-state index contributed by atoms with van der Waals surface area (Å²) in [5.41, 5.74) is -0.0123. The number of carboxylic acid groups (broad SMARTS) is 1. The van der Waals surface area contributed by atoms with Crippen LogP contribution >= 0.6 is 11.8 Å². The van der Waals surface area contributed by atoms with Crippen LogP contribution in [0.3, 0.4) is 0 Å². The molecule has 0 bridgehead atoms. The van der Waals surface area contributed by atoms with Gasteiger partial charge in [-0.15, -0.1) is 11.8 Å². The summed E-state index contributed by atoms with van der Waals surface area (Å²) in [5, 5.41) is 8.76. The van der Waals surface area contributed by atoms with Crippen molar-refractivity contribution in [2.45, 2.75) is 30.4 Å². The minimum atomic E-state index is -1.11. The Balaban J connectivity index is 3.04. The molecule has 0 unspecified atom stereocenters. The molecule has 0 amide bonds. The summed E-state index contributed by atoms with van der Waals surface area (Å²) >= 11 is 1.44. The van der Waals surface area contributed by atoms with E-state index < -0.39 is 11.8 Å². The average molecular weight is 228 g/mol. The van der Waals surface area contributed by atoms with Gasteiger partial charge in [0.05, 0.1) is 5.56 Å². The second kappa shape index (κ2) is 4.23. The second-order valence-corrected chi connectivity index (χ2v) is 6.10. The second-order valence-electron chi connectivity index (χ2n) is 4.20. The van der Waals surface area contributed by atoms with Crippen LogP contribution in [0.15, 0.2) is 23.1 Å². The van der Waals surface area contributed by atoms with Gasteiger partial charge in [-0.3, -0.25) is 0 Å². The standard InChI is InChI=1S/C11H13FO2S/c1-11(2,3)15-9-5-7(10(13)14)4-8(12)6-9/h4-6H,1-3H3,(H,13,14). The maximum absolute atomic E-state index is 13.1. The number of hydrogen-bond donors (Lipinski definition) is 1. The molecule has 0 saturated carbocycles. The molecule has 1 N–H and O–H groups in total. The third-order valence-electron chi connectivity index (χ3n) is 1.54. The van der Waals surface area contributed by atoms with Crippen molar-refractivity contribution in [3.8, 4) is 0 Å². The summed E-state index contributed by atoms with van der Waals surface area (Å²) < 4.78 is 13.0. The summed E-state index contributed by atoms with van der Waals surface area (Å²) in [4.78, 5) is 11.3. The molecular formula is C11H13FO2S. The lowest BCUT2D eigenvalue weighted by atomic mass is 10.2. The normalized spacial score (nSPS) is 11.5. The zero-order chi connectivity index (χ0) is 11.6. The van der Waals surface area contributed by atoms with Crippen LogP contribution in [0.5, 0.6) is 0 Å². The van der Waals surface area contributed by atoms with Gasteiger partial charge in [0.25, 0.3) is 0 Å². The summed E-state index contributed by atoms with van der Waals surface area (Å²) in [6.07, 6.45) is 0. The van der Waals surface area contributed by atoms with Crippen molar-refractivity contribution >= 4 is 17.7 Å². The van der Waals surface area contributed by atoms with Gasteiger partial charge in [0, 0.05) is 9.64 Å². The lowest BCUT2D eigenvalue weighted by Crippen LogP contribution is -2.07. The first kappa shape index (κ1) is 12.0. The quantitative estimate of drug-likeness (QED) is 0.788. The van der Waals surface area contributed by atoms with Crippen molar-refractivity contribution in [3.63, 3.8) is 0 Å². The van der Waals surface area contributed by atoms with Crippen LogP contribution in [0.1, 0.15) is 31.1 Å². The van der Waals surface area contributed by atoms with Crippen molar-refractivity contribution in [2.24, 2.45) is 0 Å². The number of halogens is 1. The van der Waals surface area contributed by atoms with Gasteiger partial charge in [-0.05, 0) is 18.2 Å². The molecule has 1 rings (SSSR count). The van der Waals surface area contributed by atoms with Crippen LogP contribution in [0.25, 0.3) is 0 Å². The highest BCUT2D eigenvalue weighted by atomic mass is 32.2. The fourth-order valence-corrected chi connectivity index (χ4v) is 2.16. The van der Waals surface area contributed by atoms with E-state index in [4.69, 9.17) is 5.11 Å². The number of rotatable bonds is 2. The number of carboxylic acids is 1. The van der Waals surface area contributed by atoms with E-state index in [0.717, 1.165) is 6.07 Å². The van der Waals surface area contributed by atoms with Gasteiger partial charge in [-0.25, -0.2) is 9.18 Å². The van der Waals surface area contributed by atoms with Crippen molar-refractivity contribution in [2.75, 3.05) is 0 Å². The van der Waals surface area contributed by atoms with Crippen LogP contribution in [0.2, 0.25) is 0 Å². The summed E-state index contributed by atoms with van der Waals surface area (Å²) in [7, 11) is 0. The van der Waals surface area contributed by atoms with Crippen LogP contribution < -0.4 is 0 Å². The largest absolute Gasteiger partial charge is 0.478 e. The van der Waals surface area contributed by atoms with E-state index in [1.807, 2.05) is 20.8 Å². The number of carbonyl (C=O) groups is 1. The maximum Gasteiger partial charge on any atom is 0.335 e. The molecule has 0 spiro atoms. The molecule has 0 aliphatic rings. The topological polar surface area (TPSA) is 37.3 Å². The van der Waals surface area contributed by atoms with Crippen LogP contribution in [-0.2, 0) is 0 Å². The lowest BCUT2D eigenvalue weighted by molar-refractivity contribution is 0.0696. The highest BCUT2D eigenvalue weighted by molar-refractivity contribution is 8.00. The van der Waals surface area contributed by atoms with E-state index in [0.29, 0.717) is 4.90 Å². The number of hydrogen-bond acceptors (Lipinski definition) is 2. The minimum absolute atomic E-state index is 0.0123. The predicted octanol–water partition coefficient (Wildman–Crippen LogP) is 3.41. The number of benzene rings is 1. The van der Waals surface area contributed by atoms with Gasteiger partial charge in [0.2, 0.25) is 0 Å². The molecular weight excluding hydrogens is 215 g/mol. The number of thioether (sulfide) groups is 1. The molecule has 82 valence electrons. The molecule has 0 radical (unpaired) electrons. The Labute approximate surface area is 92.5 Å². The van der Waals surface area contributed by atoms with Crippen LogP contribution in [0.4, 0.5) is 4.39 Å². The molecule has 0 heterocycles. The summed E-state index contributed by atoms with van der Waals surface area (Å²) in [5.74, 6) is -1.62. The minimum Gasteiger partial charge on any atom is -0.478 e. The fourth-order valence-electron chi connectivity index (χ4n) is 1.10. The molecule has 0 aromatic heterocycles. The molecule has 0 fully saturated rings. The SMILES string of the molecule is CC(C)(C)Sc1cc(F)cc(C(=O)O)c1. The van der Waals surface area contributed by atoms with Gasteiger partial charge >= 0.3 is 5.97 Å². The van der Waals surface area contributed by atoms with E-state index in [-0.39, 0.29) is 10.3 Å². The highest BCUT2D eigenvalue weighted by Gasteiger charge is 2.14. The molecule has 0 aliphatic heterocycles. The smallest absolute Gasteiger partial charge is 0.335 e. The van der Waals surface area contributed by atoms with Gasteiger partial charge in [0.1, 0.15) is 5.82 Å². The Morgan fingerprint density at radius 2 is 1.93 bits per heavy atom. The van der Waals surface area contributed by atoms with E-state index in [2.05, 4.69) is 0 Å². The van der Waals surface area contributed by atoms with Crippen LogP contribution in [-0.4, -0.2) is 15.8 Å². The molecule has 0 aliphatic carbocycles. The molecule has 4 heteroatoms. The van der Waals surface area contributed by atoms with E-state index >= 15 is 0 Å². The van der Waals surface area contributed by atoms with Crippen molar-refractivity contribution < 1.29 is 14.3 Å². The Morgan fingerprint density at radius 3 is 2.40 bits per heavy atom. The van der Waals surface area contributed by atoms with Crippen molar-refractivity contribution in [1.29, 1.82) is 0 Å². The first-order valence-corrected chi connectivity index (χ1v) is 5.32. The third kappa shape index (κ3) is 3.91. The monoisotopic (exact) mass is 228 g/mol. The summed E-state index contributed by atoms with van der Waals surface area (Å²) in [6.45, 7) is 5.97. The Kier molecular flexibility index (Phi) is 3.39. The zero-order valence-electron chi connectivity index (χ0n) is 8.87. The molecule has 0 atom stereocenters. The van der Waals surface area contributed by atoms with Gasteiger partial charge < -0.3 is 5.11 Å². The van der Waals surface area contributed by atoms with Gasteiger partial charge in [0.15, 0.2) is 0 Å². The maximum atomic E-state index is 13.1. The third-order valence-corrected chi connectivity index (χ3v) is 2.63. The average Bonchev–Trinajstić information content (AvgIpc) is 1.99. The van der Waals surface area contributed by atoms with E-state index in [1.54, 1.807) is 0 Å². The Bertz CT molecular complexity index is 383.